The summed E-state index contributed by atoms with van der Waals surface area (Å²) in [7, 11) is 0. The Balaban J connectivity index is 2.95. The zero-order valence-corrected chi connectivity index (χ0v) is 30.4. The van der Waals surface area contributed by atoms with Crippen LogP contribution in [0.5, 0.6) is 0 Å². The van der Waals surface area contributed by atoms with E-state index >= 15 is 0 Å². The molecule has 0 unspecified atom stereocenters. The van der Waals surface area contributed by atoms with Gasteiger partial charge in [-0.05, 0) is 94.6 Å². The minimum atomic E-state index is -1.54. The van der Waals surface area contributed by atoms with Gasteiger partial charge in [-0.1, -0.05) is 44.2 Å². The molecule has 0 aliphatic carbocycles. The molecule has 264 valence electrons. The summed E-state index contributed by atoms with van der Waals surface area (Å²) >= 11 is 0. The van der Waals surface area contributed by atoms with Gasteiger partial charge in [0.25, 0.3) is 0 Å². The Morgan fingerprint density at radius 1 is 0.574 bits per heavy atom. The fourth-order valence-corrected chi connectivity index (χ4v) is 3.80. The maximum atomic E-state index is 13.5. The van der Waals surface area contributed by atoms with Crippen LogP contribution in [0.25, 0.3) is 0 Å². The van der Waals surface area contributed by atoms with Crippen molar-refractivity contribution in [2.45, 2.75) is 137 Å². The van der Waals surface area contributed by atoms with Crippen molar-refractivity contribution in [2.75, 3.05) is 0 Å². The fraction of sp³-hybridized carbons (Fsp3) is 0.647. The second-order valence-electron chi connectivity index (χ2n) is 15.4. The third-order valence-electron chi connectivity index (χ3n) is 7.52. The average Bonchev–Trinajstić information content (AvgIpc) is 2.90. The molecule has 1 atom stereocenters. The summed E-state index contributed by atoms with van der Waals surface area (Å²) in [6, 6.07) is 9.06. The number of carbonyl (C=O) groups excluding carboxylic acids is 6. The van der Waals surface area contributed by atoms with Crippen LogP contribution in [0.2, 0.25) is 0 Å². The van der Waals surface area contributed by atoms with Crippen molar-refractivity contribution in [2.24, 2.45) is 5.92 Å². The van der Waals surface area contributed by atoms with E-state index in [-0.39, 0.29) is 6.61 Å². The predicted octanol–water partition coefficient (Wildman–Crippen LogP) is 3.25. The van der Waals surface area contributed by atoms with Gasteiger partial charge < -0.3 is 36.1 Å². The number of ether oxygens (including phenoxy) is 2. The van der Waals surface area contributed by atoms with Crippen LogP contribution in [-0.2, 0) is 40.1 Å². The highest BCUT2D eigenvalue weighted by molar-refractivity contribution is 6.00. The van der Waals surface area contributed by atoms with Crippen LogP contribution in [-0.4, -0.2) is 69.0 Å². The molecule has 0 aliphatic rings. The van der Waals surface area contributed by atoms with Gasteiger partial charge in [-0.15, -0.1) is 0 Å². The van der Waals surface area contributed by atoms with Gasteiger partial charge in [-0.2, -0.15) is 0 Å². The lowest BCUT2D eigenvalue weighted by atomic mass is 9.86. The van der Waals surface area contributed by atoms with Crippen molar-refractivity contribution in [1.82, 2.24) is 26.6 Å². The summed E-state index contributed by atoms with van der Waals surface area (Å²) in [5.41, 5.74) is -7.42. The van der Waals surface area contributed by atoms with E-state index in [0.717, 1.165) is 5.56 Å². The standard InChI is InChI=1S/C34H55N5O8/c1-21(2)34(14,39-28(45)46-20-22-18-16-15-17-19-22)26(43)38-32(10,11)24(41)36-30(6,7)23(40)35-31(8,9)25(42)37-33(12,13)27(44)47-29(3,4)5/h15-19,21H,20H2,1-14H3,(H,35,40)(H,36,41)(H,37,42)(H,38,43)(H,39,45)/t34-/m1/s1. The van der Waals surface area contributed by atoms with Crippen LogP contribution in [0.1, 0.15) is 102 Å². The normalized spacial score (nSPS) is 13.9. The number of hydrogen-bond donors (Lipinski definition) is 5. The minimum absolute atomic E-state index is 0.00742. The number of amides is 5. The van der Waals surface area contributed by atoms with Crippen molar-refractivity contribution in [1.29, 1.82) is 0 Å². The molecule has 0 spiro atoms. The summed E-state index contributed by atoms with van der Waals surface area (Å²) in [5, 5.41) is 13.2. The number of hydrogen-bond acceptors (Lipinski definition) is 8. The number of alkyl carbamates (subject to hydrolysis) is 1. The summed E-state index contributed by atoms with van der Waals surface area (Å²) in [6.07, 6.45) is -0.804. The van der Waals surface area contributed by atoms with Gasteiger partial charge in [0.05, 0.1) is 0 Å². The Kier molecular flexibility index (Phi) is 12.8. The molecule has 0 radical (unpaired) electrons. The topological polar surface area (TPSA) is 181 Å². The summed E-state index contributed by atoms with van der Waals surface area (Å²) in [6.45, 7) is 21.8. The molecular formula is C34H55N5O8. The molecular weight excluding hydrogens is 606 g/mol. The van der Waals surface area contributed by atoms with Gasteiger partial charge in [0.1, 0.15) is 39.9 Å². The first-order valence-electron chi connectivity index (χ1n) is 15.6. The van der Waals surface area contributed by atoms with Gasteiger partial charge in [0, 0.05) is 0 Å². The molecule has 0 aliphatic heterocycles. The van der Waals surface area contributed by atoms with Crippen molar-refractivity contribution < 1.29 is 38.2 Å². The average molecular weight is 662 g/mol. The van der Waals surface area contributed by atoms with Gasteiger partial charge in [0.15, 0.2) is 0 Å². The van der Waals surface area contributed by atoms with Crippen LogP contribution in [0.4, 0.5) is 4.79 Å². The lowest BCUT2D eigenvalue weighted by molar-refractivity contribution is -0.163. The van der Waals surface area contributed by atoms with Gasteiger partial charge >= 0.3 is 12.1 Å². The molecule has 5 amide bonds. The zero-order chi connectivity index (χ0) is 36.8. The Morgan fingerprint density at radius 2 is 0.957 bits per heavy atom. The number of benzene rings is 1. The molecule has 0 fully saturated rings. The van der Waals surface area contributed by atoms with Crippen LogP contribution >= 0.6 is 0 Å². The number of nitrogens with one attached hydrogen (secondary N) is 5. The maximum Gasteiger partial charge on any atom is 0.408 e. The molecule has 47 heavy (non-hydrogen) atoms. The molecule has 0 heterocycles. The quantitative estimate of drug-likeness (QED) is 0.200. The van der Waals surface area contributed by atoms with E-state index < -0.39 is 74.9 Å². The van der Waals surface area contributed by atoms with E-state index in [2.05, 4.69) is 26.6 Å². The first kappa shape index (κ1) is 40.9. The summed E-state index contributed by atoms with van der Waals surface area (Å²) < 4.78 is 10.7. The summed E-state index contributed by atoms with van der Waals surface area (Å²) in [4.78, 5) is 78.7. The molecule has 13 nitrogen and oxygen atoms in total. The van der Waals surface area contributed by atoms with Crippen LogP contribution in [0.15, 0.2) is 30.3 Å². The fourth-order valence-electron chi connectivity index (χ4n) is 3.80. The Bertz CT molecular complexity index is 1330. The predicted molar refractivity (Wildman–Crippen MR) is 178 cm³/mol. The first-order valence-corrected chi connectivity index (χ1v) is 15.6. The van der Waals surface area contributed by atoms with Crippen molar-refractivity contribution in [3.8, 4) is 0 Å². The lowest BCUT2D eigenvalue weighted by Gasteiger charge is -2.38. The van der Waals surface area contributed by atoms with Gasteiger partial charge in [-0.25, -0.2) is 9.59 Å². The van der Waals surface area contributed by atoms with E-state index in [1.54, 1.807) is 46.8 Å². The molecule has 1 rings (SSSR count). The molecule has 13 heteroatoms. The molecule has 1 aromatic carbocycles. The Morgan fingerprint density at radius 3 is 1.34 bits per heavy atom. The highest BCUT2D eigenvalue weighted by Gasteiger charge is 2.45. The molecule has 0 saturated carbocycles. The highest BCUT2D eigenvalue weighted by Crippen LogP contribution is 2.21. The Labute approximate surface area is 279 Å². The van der Waals surface area contributed by atoms with Crippen molar-refractivity contribution in [3.05, 3.63) is 35.9 Å². The summed E-state index contributed by atoms with van der Waals surface area (Å²) in [5.74, 6) is -3.74. The third kappa shape index (κ3) is 11.9. The second kappa shape index (κ2) is 14.7. The second-order valence-corrected chi connectivity index (χ2v) is 15.4. The molecule has 5 N–H and O–H groups in total. The lowest BCUT2D eigenvalue weighted by Crippen LogP contribution is -2.69. The maximum absolute atomic E-state index is 13.5. The monoisotopic (exact) mass is 661 g/mol. The van der Waals surface area contributed by atoms with E-state index in [9.17, 15) is 28.8 Å². The largest absolute Gasteiger partial charge is 0.458 e. The number of rotatable bonds is 13. The van der Waals surface area contributed by atoms with Crippen LogP contribution < -0.4 is 26.6 Å². The molecule has 0 saturated heterocycles. The van der Waals surface area contributed by atoms with E-state index in [1.807, 2.05) is 18.2 Å². The first-order chi connectivity index (χ1) is 21.1. The number of esters is 1. The van der Waals surface area contributed by atoms with Crippen molar-refractivity contribution >= 4 is 35.7 Å². The molecule has 0 bridgehead atoms. The van der Waals surface area contributed by atoms with E-state index in [1.165, 1.54) is 62.3 Å². The van der Waals surface area contributed by atoms with Crippen molar-refractivity contribution in [3.63, 3.8) is 0 Å². The van der Waals surface area contributed by atoms with E-state index in [0.29, 0.717) is 0 Å². The molecule has 0 aromatic heterocycles. The minimum Gasteiger partial charge on any atom is -0.458 e. The highest BCUT2D eigenvalue weighted by atomic mass is 16.6. The SMILES string of the molecule is CC(C)[C@@](C)(NC(=O)OCc1ccccc1)C(=O)NC(C)(C)C(=O)NC(C)(C)C(=O)NC(C)(C)C(=O)NC(C)(C)C(=O)OC(C)(C)C. The number of carbonyl (C=O) groups is 6. The smallest absolute Gasteiger partial charge is 0.408 e. The molecule has 1 aromatic rings. The van der Waals surface area contributed by atoms with Crippen LogP contribution in [0.3, 0.4) is 0 Å². The third-order valence-corrected chi connectivity index (χ3v) is 7.52. The van der Waals surface area contributed by atoms with Crippen LogP contribution in [0, 0.1) is 5.92 Å². The zero-order valence-electron chi connectivity index (χ0n) is 30.4. The van der Waals surface area contributed by atoms with Gasteiger partial charge in [-0.3, -0.25) is 19.2 Å². The van der Waals surface area contributed by atoms with E-state index in [4.69, 9.17) is 9.47 Å². The Hall–Kier alpha value is -4.16. The van der Waals surface area contributed by atoms with Gasteiger partial charge in [0.2, 0.25) is 23.6 Å².